The fraction of sp³-hybridized carbons (Fsp3) is 0.286. The fourth-order valence-electron chi connectivity index (χ4n) is 3.73. The monoisotopic (exact) mass is 437 g/mol. The van der Waals surface area contributed by atoms with E-state index in [0.717, 1.165) is 0 Å². The van der Waals surface area contributed by atoms with E-state index in [0.29, 0.717) is 21.5 Å². The van der Waals surface area contributed by atoms with Crippen molar-refractivity contribution in [1.29, 1.82) is 0 Å². The molecule has 4 rings (SSSR count). The van der Waals surface area contributed by atoms with Gasteiger partial charge in [-0.25, -0.2) is 22.9 Å². The minimum atomic E-state index is -3.10. The Morgan fingerprint density at radius 2 is 1.83 bits per heavy atom. The van der Waals surface area contributed by atoms with Crippen LogP contribution in [0, 0.1) is 6.92 Å². The first kappa shape index (κ1) is 20.7. The normalized spacial score (nSPS) is 27.9. The largest absolute Gasteiger partial charge is 0.297 e. The van der Waals surface area contributed by atoms with Gasteiger partial charge in [0.2, 0.25) is 18.9 Å². The molecule has 2 heterocycles. The smallest absolute Gasteiger partial charge is 0.256 e. The van der Waals surface area contributed by atoms with Crippen LogP contribution in [0.3, 0.4) is 0 Å². The van der Waals surface area contributed by atoms with Gasteiger partial charge in [0.25, 0.3) is 5.79 Å². The number of hydrogen-bond donors (Lipinski definition) is 1. The van der Waals surface area contributed by atoms with Gasteiger partial charge in [0.05, 0.1) is 11.2 Å². The van der Waals surface area contributed by atoms with Crippen LogP contribution in [-0.2, 0) is 16.6 Å². The molecule has 1 aliphatic rings. The second-order valence-corrected chi connectivity index (χ2v) is 8.51. The van der Waals surface area contributed by atoms with Crippen LogP contribution in [0.5, 0.6) is 0 Å². The number of halogens is 4. The van der Waals surface area contributed by atoms with Crippen molar-refractivity contribution < 1.29 is 21.8 Å². The first-order valence-corrected chi connectivity index (χ1v) is 10.8. The predicted octanol–water partition coefficient (Wildman–Crippen LogP) is 4.40. The van der Waals surface area contributed by atoms with Crippen LogP contribution >= 0.6 is 0 Å². The molecule has 0 bridgehead atoms. The third-order valence-corrected chi connectivity index (χ3v) is 6.05. The second-order valence-electron chi connectivity index (χ2n) is 7.13. The van der Waals surface area contributed by atoms with Gasteiger partial charge in [-0.1, -0.05) is 30.3 Å². The Balaban J connectivity index is 2.00. The molecule has 0 spiro atoms. The summed E-state index contributed by atoms with van der Waals surface area (Å²) in [5.41, 5.74) is 0.576. The third-order valence-electron chi connectivity index (χ3n) is 5.13. The van der Waals surface area contributed by atoms with Crippen molar-refractivity contribution in [3.63, 3.8) is 0 Å². The summed E-state index contributed by atoms with van der Waals surface area (Å²) < 4.78 is 73.0. The van der Waals surface area contributed by atoms with Gasteiger partial charge in [-0.3, -0.25) is 14.1 Å². The van der Waals surface area contributed by atoms with Gasteiger partial charge < -0.3 is 0 Å². The quantitative estimate of drug-likeness (QED) is 0.487. The summed E-state index contributed by atoms with van der Waals surface area (Å²) in [5.74, 6) is -3.10. The molecule has 0 radical (unpaired) electrons. The number of pyridine rings is 1. The minimum Gasteiger partial charge on any atom is -0.297 e. The van der Waals surface area contributed by atoms with Gasteiger partial charge in [-0.15, -0.1) is 0 Å². The predicted molar refractivity (Wildman–Crippen MR) is 108 cm³/mol. The first-order chi connectivity index (χ1) is 14.2. The van der Waals surface area contributed by atoms with Crippen LogP contribution in [0.4, 0.5) is 23.2 Å². The lowest BCUT2D eigenvalue weighted by atomic mass is 9.96. The molecule has 5 atom stereocenters. The molecular weight excluding hydrogens is 418 g/mol. The number of aryl methyl sites for hydroxylation is 1. The number of piperazine rings is 1. The van der Waals surface area contributed by atoms with Gasteiger partial charge >= 0.3 is 0 Å². The molecule has 1 aliphatic heterocycles. The van der Waals surface area contributed by atoms with Crippen molar-refractivity contribution in [3.05, 3.63) is 65.9 Å². The highest BCUT2D eigenvalue weighted by atomic mass is 32.2. The number of anilines is 1. The molecule has 3 aromatic rings. The zero-order chi connectivity index (χ0) is 21.6. The maximum atomic E-state index is 16.5. The Morgan fingerprint density at radius 1 is 1.10 bits per heavy atom. The lowest BCUT2D eigenvalue weighted by Gasteiger charge is -2.48. The van der Waals surface area contributed by atoms with Gasteiger partial charge in [0.15, 0.2) is 0 Å². The van der Waals surface area contributed by atoms with E-state index in [1.54, 1.807) is 36.5 Å². The first-order valence-electron chi connectivity index (χ1n) is 9.20. The maximum Gasteiger partial charge on any atom is 0.256 e. The topological polar surface area (TPSA) is 45.2 Å². The van der Waals surface area contributed by atoms with Crippen molar-refractivity contribution in [1.82, 2.24) is 10.3 Å². The number of nitrogens with zero attached hydrogens (tertiary/aromatic N) is 2. The van der Waals surface area contributed by atoms with E-state index in [-0.39, 0.29) is 16.1 Å². The Labute approximate surface area is 173 Å². The average Bonchev–Trinajstić information content (AvgIpc) is 2.72. The zero-order valence-electron chi connectivity index (χ0n) is 16.2. The fourth-order valence-corrected chi connectivity index (χ4v) is 4.30. The molecule has 1 aromatic heterocycles. The summed E-state index contributed by atoms with van der Waals surface area (Å²) in [6, 6.07) is 13.4. The second kappa shape index (κ2) is 7.63. The number of para-hydroxylation sites is 1. The summed E-state index contributed by atoms with van der Waals surface area (Å²) >= 11 is 0. The van der Waals surface area contributed by atoms with Crippen LogP contribution in [0.2, 0.25) is 0 Å². The highest BCUT2D eigenvalue weighted by molar-refractivity contribution is 7.84. The Kier molecular flexibility index (Phi) is 5.27. The van der Waals surface area contributed by atoms with Crippen molar-refractivity contribution in [2.24, 2.45) is 0 Å². The van der Waals surface area contributed by atoms with Gasteiger partial charge in [0.1, 0.15) is 0 Å². The maximum absolute atomic E-state index is 16.5. The number of alkyl halides is 4. The van der Waals surface area contributed by atoms with E-state index in [9.17, 15) is 8.60 Å². The van der Waals surface area contributed by atoms with Crippen molar-refractivity contribution in [2.45, 2.75) is 36.5 Å². The average molecular weight is 437 g/mol. The van der Waals surface area contributed by atoms with Gasteiger partial charge in [0, 0.05) is 38.6 Å². The molecule has 1 fully saturated rings. The lowest BCUT2D eigenvalue weighted by molar-refractivity contribution is -0.0776. The summed E-state index contributed by atoms with van der Waals surface area (Å²) in [5, 5.41) is 2.06. The van der Waals surface area contributed by atoms with Crippen molar-refractivity contribution in [2.75, 3.05) is 11.2 Å². The van der Waals surface area contributed by atoms with E-state index in [1.165, 1.54) is 36.6 Å². The zero-order valence-corrected chi connectivity index (χ0v) is 17.0. The molecule has 1 saturated heterocycles. The summed E-state index contributed by atoms with van der Waals surface area (Å²) in [7, 11) is -1.48. The molecule has 9 heteroatoms. The van der Waals surface area contributed by atoms with Crippen LogP contribution in [-0.4, -0.2) is 34.3 Å². The van der Waals surface area contributed by atoms with Crippen molar-refractivity contribution in [3.8, 4) is 0 Å². The molecule has 1 N–H and O–H groups in total. The highest BCUT2D eigenvalue weighted by Crippen LogP contribution is 2.46. The van der Waals surface area contributed by atoms with Gasteiger partial charge in [-0.05, 0) is 31.2 Å². The van der Waals surface area contributed by atoms with Crippen LogP contribution in [0.1, 0.15) is 11.3 Å². The highest BCUT2D eigenvalue weighted by Gasteiger charge is 2.57. The number of rotatable bonds is 3. The summed E-state index contributed by atoms with van der Waals surface area (Å²) in [6.45, 7) is 1.63. The molecule has 4 nitrogen and oxygen atoms in total. The number of nitrogens with one attached hydrogen (secondary N) is 1. The summed E-state index contributed by atoms with van der Waals surface area (Å²) in [6.07, 6.45) is -6.18. The molecule has 30 heavy (non-hydrogen) atoms. The lowest BCUT2D eigenvalue weighted by Crippen LogP contribution is -2.68. The summed E-state index contributed by atoms with van der Waals surface area (Å²) in [4.78, 5) is 5.06. The molecule has 4 unspecified atom stereocenters. The van der Waals surface area contributed by atoms with E-state index < -0.39 is 35.5 Å². The molecule has 0 aliphatic carbocycles. The third kappa shape index (κ3) is 3.26. The number of benzene rings is 2. The van der Waals surface area contributed by atoms with E-state index in [4.69, 9.17) is 0 Å². The van der Waals surface area contributed by atoms with Crippen molar-refractivity contribution >= 4 is 27.4 Å². The molecule has 158 valence electrons. The van der Waals surface area contributed by atoms with Crippen LogP contribution < -0.4 is 10.2 Å². The number of fused-ring (bicyclic) bond motifs is 1. The minimum absolute atomic E-state index is 0.0251. The van der Waals surface area contributed by atoms with E-state index in [1.807, 2.05) is 0 Å². The Bertz CT molecular complexity index is 1130. The number of hydrogen-bond acceptors (Lipinski definition) is 4. The SMILES string of the molecule is Cc1cc(N2C(F)C(F)NC(F)[C@@]2(F)c2cccc(S(C)=O)c2)c2ccccc2n1. The van der Waals surface area contributed by atoms with Crippen LogP contribution in [0.25, 0.3) is 10.9 Å². The standard InChI is InChI=1S/C21H19F4N3OS/c1-12-10-17(15-8-3-4-9-16(15)26-12)28-19(23)18(22)27-20(24)21(28,25)13-6-5-7-14(11-13)30(2)29/h3-11,18-20,27H,1-2H3/t18?,19?,20?,21-,30?/m1/s1. The van der Waals surface area contributed by atoms with E-state index >= 15 is 13.2 Å². The molecule has 2 aromatic carbocycles. The molecular formula is C21H19F4N3OS. The molecule has 0 saturated carbocycles. The number of aromatic nitrogens is 1. The van der Waals surface area contributed by atoms with E-state index in [2.05, 4.69) is 4.98 Å². The molecule has 0 amide bonds. The van der Waals surface area contributed by atoms with Gasteiger partial charge in [-0.2, -0.15) is 0 Å². The Hall–Kier alpha value is -2.52. The Morgan fingerprint density at radius 3 is 2.57 bits per heavy atom. The van der Waals surface area contributed by atoms with Crippen LogP contribution in [0.15, 0.2) is 59.5 Å².